The van der Waals surface area contributed by atoms with Crippen molar-refractivity contribution >= 4 is 40.9 Å². The van der Waals surface area contributed by atoms with Gasteiger partial charge in [0.05, 0.1) is 22.5 Å². The minimum Gasteiger partial charge on any atom is -0.340 e. The first-order valence-corrected chi connectivity index (χ1v) is 11.9. The highest BCUT2D eigenvalue weighted by atomic mass is 16.2. The first-order chi connectivity index (χ1) is 17.2. The van der Waals surface area contributed by atoms with Crippen LogP contribution in [0.1, 0.15) is 47.4 Å². The molecule has 4 rings (SSSR count). The van der Waals surface area contributed by atoms with E-state index in [2.05, 4.69) is 16.0 Å². The van der Waals surface area contributed by atoms with E-state index < -0.39 is 41.8 Å². The Balaban J connectivity index is 1.76. The van der Waals surface area contributed by atoms with E-state index in [-0.39, 0.29) is 22.7 Å². The molecule has 1 fully saturated rings. The van der Waals surface area contributed by atoms with E-state index in [4.69, 9.17) is 0 Å². The maximum absolute atomic E-state index is 13.5. The Labute approximate surface area is 209 Å². The van der Waals surface area contributed by atoms with E-state index in [1.165, 1.54) is 23.8 Å². The van der Waals surface area contributed by atoms with Crippen molar-refractivity contribution in [2.45, 2.75) is 44.8 Å². The molecule has 10 nitrogen and oxygen atoms in total. The average molecular weight is 492 g/mol. The number of para-hydroxylation sites is 2. The zero-order valence-corrected chi connectivity index (χ0v) is 20.4. The Bertz CT molecular complexity index is 1230. The fourth-order valence-corrected chi connectivity index (χ4v) is 4.47. The van der Waals surface area contributed by atoms with Crippen molar-refractivity contribution in [2.24, 2.45) is 0 Å². The van der Waals surface area contributed by atoms with Gasteiger partial charge < -0.3 is 25.8 Å². The van der Waals surface area contributed by atoms with E-state index in [1.807, 2.05) is 0 Å². The van der Waals surface area contributed by atoms with Gasteiger partial charge in [-0.1, -0.05) is 24.3 Å². The molecule has 0 bridgehead atoms. The lowest BCUT2D eigenvalue weighted by Gasteiger charge is -2.28. The molecule has 2 aromatic rings. The SMILES string of the molecule is C[C@@H]1NC(=O)c2ccccc2NC(=O)[C@@H]2CCCN2C(=O)c2ccccc2NC(=O)[C@H](C)N(C)C1=O. The number of likely N-dealkylation sites (N-methyl/N-ethyl adjacent to an activating group) is 1. The van der Waals surface area contributed by atoms with E-state index in [0.717, 1.165) is 0 Å². The van der Waals surface area contributed by atoms with Crippen molar-refractivity contribution in [2.75, 3.05) is 24.2 Å². The molecule has 1 saturated heterocycles. The van der Waals surface area contributed by atoms with Gasteiger partial charge in [-0.05, 0) is 51.0 Å². The summed E-state index contributed by atoms with van der Waals surface area (Å²) in [6.45, 7) is 3.47. The quantitative estimate of drug-likeness (QED) is 0.518. The first-order valence-electron chi connectivity index (χ1n) is 11.9. The molecule has 0 aliphatic carbocycles. The molecule has 0 spiro atoms. The van der Waals surface area contributed by atoms with Crippen LogP contribution in [0.15, 0.2) is 48.5 Å². The molecule has 0 unspecified atom stereocenters. The Hall–Kier alpha value is -4.21. The normalized spacial score (nSPS) is 23.6. The lowest BCUT2D eigenvalue weighted by Crippen LogP contribution is -2.51. The third kappa shape index (κ3) is 4.79. The molecule has 2 aliphatic heterocycles. The number of anilines is 2. The van der Waals surface area contributed by atoms with E-state index in [9.17, 15) is 24.0 Å². The number of fused-ring (bicyclic) bond motifs is 3. The third-order valence-corrected chi connectivity index (χ3v) is 6.69. The van der Waals surface area contributed by atoms with Crippen LogP contribution in [0.3, 0.4) is 0 Å². The predicted molar refractivity (Wildman–Crippen MR) is 133 cm³/mol. The Kier molecular flexibility index (Phi) is 7.05. The van der Waals surface area contributed by atoms with Crippen molar-refractivity contribution in [3.8, 4) is 0 Å². The second kappa shape index (κ2) is 10.2. The van der Waals surface area contributed by atoms with Crippen LogP contribution in [-0.2, 0) is 14.4 Å². The van der Waals surface area contributed by atoms with Gasteiger partial charge in [-0.15, -0.1) is 0 Å². The maximum atomic E-state index is 13.5. The molecule has 2 aliphatic rings. The number of benzene rings is 2. The number of hydrogen-bond acceptors (Lipinski definition) is 5. The highest BCUT2D eigenvalue weighted by Crippen LogP contribution is 2.26. The summed E-state index contributed by atoms with van der Waals surface area (Å²) in [7, 11) is 1.48. The number of rotatable bonds is 0. The molecule has 188 valence electrons. The number of nitrogens with one attached hydrogen (secondary N) is 3. The number of amides is 5. The van der Waals surface area contributed by atoms with Crippen LogP contribution in [0.2, 0.25) is 0 Å². The molecular formula is C26H29N5O5. The molecule has 10 heteroatoms. The zero-order chi connectivity index (χ0) is 26.0. The summed E-state index contributed by atoms with van der Waals surface area (Å²) in [5.41, 5.74) is 1.01. The average Bonchev–Trinajstić information content (AvgIpc) is 3.37. The fraction of sp³-hybridized carbons (Fsp3) is 0.346. The predicted octanol–water partition coefficient (Wildman–Crippen LogP) is 1.85. The summed E-state index contributed by atoms with van der Waals surface area (Å²) < 4.78 is 0. The van der Waals surface area contributed by atoms with Crippen LogP contribution in [0, 0.1) is 0 Å². The van der Waals surface area contributed by atoms with Crippen molar-refractivity contribution in [3.05, 3.63) is 59.7 Å². The summed E-state index contributed by atoms with van der Waals surface area (Å²) >= 11 is 0. The minimum absolute atomic E-state index is 0.185. The van der Waals surface area contributed by atoms with Crippen molar-refractivity contribution in [3.63, 3.8) is 0 Å². The summed E-state index contributed by atoms with van der Waals surface area (Å²) in [5, 5.41) is 8.19. The van der Waals surface area contributed by atoms with Crippen LogP contribution >= 0.6 is 0 Å². The zero-order valence-electron chi connectivity index (χ0n) is 20.4. The molecule has 2 heterocycles. The van der Waals surface area contributed by atoms with Crippen LogP contribution in [0.5, 0.6) is 0 Å². The van der Waals surface area contributed by atoms with Gasteiger partial charge in [-0.2, -0.15) is 0 Å². The second-order valence-electron chi connectivity index (χ2n) is 9.05. The van der Waals surface area contributed by atoms with Gasteiger partial charge >= 0.3 is 0 Å². The molecular weight excluding hydrogens is 462 g/mol. The van der Waals surface area contributed by atoms with Gasteiger partial charge in [0.15, 0.2) is 0 Å². The Morgan fingerprint density at radius 3 is 2.08 bits per heavy atom. The van der Waals surface area contributed by atoms with Gasteiger partial charge in [-0.25, -0.2) is 0 Å². The Morgan fingerprint density at radius 2 is 1.39 bits per heavy atom. The summed E-state index contributed by atoms with van der Waals surface area (Å²) in [5.74, 6) is -2.31. The maximum Gasteiger partial charge on any atom is 0.256 e. The van der Waals surface area contributed by atoms with E-state index in [1.54, 1.807) is 55.5 Å². The minimum atomic E-state index is -0.934. The van der Waals surface area contributed by atoms with Crippen LogP contribution in [-0.4, -0.2) is 71.1 Å². The van der Waals surface area contributed by atoms with Crippen molar-refractivity contribution < 1.29 is 24.0 Å². The molecule has 0 radical (unpaired) electrons. The van der Waals surface area contributed by atoms with Gasteiger partial charge in [0.25, 0.3) is 11.8 Å². The first kappa shape index (κ1) is 24.9. The molecule has 3 atom stereocenters. The summed E-state index contributed by atoms with van der Waals surface area (Å²) in [6.07, 6.45) is 1.11. The molecule has 3 N–H and O–H groups in total. The largest absolute Gasteiger partial charge is 0.340 e. The van der Waals surface area contributed by atoms with Crippen LogP contribution in [0.4, 0.5) is 11.4 Å². The number of carbonyl (C=O) groups is 5. The monoisotopic (exact) mass is 491 g/mol. The summed E-state index contributed by atoms with van der Waals surface area (Å²) in [6, 6.07) is 10.5. The second-order valence-corrected chi connectivity index (χ2v) is 9.05. The standard InChI is InChI=1S/C26H29N5O5/c1-15-25(35)30(3)16(2)22(32)28-20-12-7-5-10-18(20)26(36)31-14-8-13-21(31)24(34)29-19-11-6-4-9-17(19)23(33)27-15/h4-7,9-12,15-16,21H,8,13-14H2,1-3H3,(H,27,33)(H,28,32)(H,29,34)/t15-,16-,21-/m0/s1. The van der Waals surface area contributed by atoms with Gasteiger partial charge in [0, 0.05) is 13.6 Å². The van der Waals surface area contributed by atoms with Crippen molar-refractivity contribution in [1.29, 1.82) is 0 Å². The lowest BCUT2D eigenvalue weighted by atomic mass is 10.1. The van der Waals surface area contributed by atoms with E-state index in [0.29, 0.717) is 25.1 Å². The number of hydrogen-bond donors (Lipinski definition) is 3. The summed E-state index contributed by atoms with van der Waals surface area (Å²) in [4.78, 5) is 68.5. The fourth-order valence-electron chi connectivity index (χ4n) is 4.47. The topological polar surface area (TPSA) is 128 Å². The van der Waals surface area contributed by atoms with Gasteiger partial charge in [0.2, 0.25) is 17.7 Å². The number of nitrogens with zero attached hydrogens (tertiary/aromatic N) is 2. The molecule has 0 aromatic heterocycles. The van der Waals surface area contributed by atoms with Crippen LogP contribution in [0.25, 0.3) is 0 Å². The van der Waals surface area contributed by atoms with Crippen molar-refractivity contribution in [1.82, 2.24) is 15.1 Å². The van der Waals surface area contributed by atoms with E-state index >= 15 is 0 Å². The van der Waals surface area contributed by atoms with Crippen LogP contribution < -0.4 is 16.0 Å². The third-order valence-electron chi connectivity index (χ3n) is 6.69. The smallest absolute Gasteiger partial charge is 0.256 e. The Morgan fingerprint density at radius 1 is 0.806 bits per heavy atom. The lowest BCUT2D eigenvalue weighted by molar-refractivity contribution is -0.137. The highest BCUT2D eigenvalue weighted by Gasteiger charge is 2.36. The molecule has 0 saturated carbocycles. The highest BCUT2D eigenvalue weighted by molar-refractivity contribution is 6.09. The molecule has 5 amide bonds. The molecule has 2 aromatic carbocycles. The van der Waals surface area contributed by atoms with Gasteiger partial charge in [-0.3, -0.25) is 24.0 Å². The molecule has 36 heavy (non-hydrogen) atoms. The number of carbonyl (C=O) groups excluding carboxylic acids is 5. The van der Waals surface area contributed by atoms with Gasteiger partial charge in [0.1, 0.15) is 18.1 Å².